The number of alkyl halides is 2. The molecule has 0 aromatic heterocycles. The Labute approximate surface area is 141 Å². The van der Waals surface area contributed by atoms with Gasteiger partial charge in [-0.25, -0.2) is 0 Å². The van der Waals surface area contributed by atoms with E-state index >= 15 is 0 Å². The third kappa shape index (κ3) is 3.92. The summed E-state index contributed by atoms with van der Waals surface area (Å²) >= 11 is 7.15. The van der Waals surface area contributed by atoms with E-state index in [2.05, 4.69) is 31.9 Å². The Morgan fingerprint density at radius 2 is 1.19 bits per heavy atom. The molecule has 0 saturated heterocycles. The highest BCUT2D eigenvalue weighted by Crippen LogP contribution is 2.39. The van der Waals surface area contributed by atoms with E-state index in [1.165, 1.54) is 0 Å². The molecule has 5 heteroatoms. The lowest BCUT2D eigenvalue weighted by Gasteiger charge is -2.17. The van der Waals surface area contributed by atoms with Gasteiger partial charge < -0.3 is 16.2 Å². The van der Waals surface area contributed by atoms with E-state index in [1.807, 2.05) is 50.2 Å². The Kier molecular flexibility index (Phi) is 5.17. The van der Waals surface area contributed by atoms with Crippen molar-refractivity contribution in [1.82, 2.24) is 0 Å². The number of rotatable bonds is 4. The van der Waals surface area contributed by atoms with Gasteiger partial charge in [0.25, 0.3) is 0 Å². The molecule has 2 unspecified atom stereocenters. The second kappa shape index (κ2) is 6.71. The summed E-state index contributed by atoms with van der Waals surface area (Å²) in [6.45, 7) is 4.08. The van der Waals surface area contributed by atoms with Crippen molar-refractivity contribution >= 4 is 43.2 Å². The predicted octanol–water partition coefficient (Wildman–Crippen LogP) is 5.56. The summed E-state index contributed by atoms with van der Waals surface area (Å²) in [7, 11) is 0. The van der Waals surface area contributed by atoms with Crippen LogP contribution in [0.4, 0.5) is 11.4 Å². The molecule has 21 heavy (non-hydrogen) atoms. The minimum Gasteiger partial charge on any atom is -0.457 e. The SMILES string of the molecule is CC(Br)c1cc(N)ccc1Oc1ccc(N)cc1C(C)Br. The van der Waals surface area contributed by atoms with Gasteiger partial charge in [-0.1, -0.05) is 31.9 Å². The molecule has 0 aliphatic heterocycles. The number of ether oxygens (including phenoxy) is 1. The summed E-state index contributed by atoms with van der Waals surface area (Å²) in [5.74, 6) is 1.57. The number of nitrogens with two attached hydrogens (primary N) is 2. The second-order valence-corrected chi connectivity index (χ2v) is 7.68. The highest BCUT2D eigenvalue weighted by atomic mass is 79.9. The third-order valence-electron chi connectivity index (χ3n) is 3.14. The van der Waals surface area contributed by atoms with Gasteiger partial charge in [-0.3, -0.25) is 0 Å². The highest BCUT2D eigenvalue weighted by molar-refractivity contribution is 9.09. The monoisotopic (exact) mass is 412 g/mol. The zero-order valence-corrected chi connectivity index (χ0v) is 15.1. The van der Waals surface area contributed by atoms with Crippen LogP contribution in [0.5, 0.6) is 11.5 Å². The van der Waals surface area contributed by atoms with Crippen LogP contribution in [-0.2, 0) is 0 Å². The Bertz CT molecular complexity index is 587. The summed E-state index contributed by atoms with van der Waals surface area (Å²) in [4.78, 5) is 0.296. The van der Waals surface area contributed by atoms with Crippen LogP contribution in [-0.4, -0.2) is 0 Å². The topological polar surface area (TPSA) is 61.3 Å². The molecule has 0 radical (unpaired) electrons. The zero-order valence-electron chi connectivity index (χ0n) is 11.9. The molecule has 0 fully saturated rings. The maximum absolute atomic E-state index is 6.10. The van der Waals surface area contributed by atoms with Gasteiger partial charge in [0.05, 0.1) is 0 Å². The molecule has 2 rings (SSSR count). The third-order valence-corrected chi connectivity index (χ3v) is 4.13. The maximum atomic E-state index is 6.10. The molecule has 4 N–H and O–H groups in total. The molecule has 2 aromatic carbocycles. The maximum Gasteiger partial charge on any atom is 0.131 e. The fourth-order valence-corrected chi connectivity index (χ4v) is 2.78. The van der Waals surface area contributed by atoms with Crippen LogP contribution in [0, 0.1) is 0 Å². The van der Waals surface area contributed by atoms with Crippen LogP contribution in [0.2, 0.25) is 0 Å². The number of halogens is 2. The average molecular weight is 414 g/mol. The summed E-state index contributed by atoms with van der Waals surface area (Å²) in [5, 5.41) is 0. The molecule has 0 heterocycles. The number of hydrogen-bond acceptors (Lipinski definition) is 3. The quantitative estimate of drug-likeness (QED) is 0.509. The molecule has 112 valence electrons. The summed E-state index contributed by atoms with van der Waals surface area (Å²) in [6.07, 6.45) is 0. The minimum atomic E-state index is 0.148. The lowest BCUT2D eigenvalue weighted by molar-refractivity contribution is 0.471. The fourth-order valence-electron chi connectivity index (χ4n) is 2.06. The van der Waals surface area contributed by atoms with E-state index in [0.29, 0.717) is 0 Å². The van der Waals surface area contributed by atoms with Crippen molar-refractivity contribution < 1.29 is 4.74 Å². The molecule has 3 nitrogen and oxygen atoms in total. The first-order valence-corrected chi connectivity index (χ1v) is 8.46. The molecular formula is C16H18Br2N2O. The number of benzene rings is 2. The normalized spacial score (nSPS) is 13.7. The van der Waals surface area contributed by atoms with Crippen molar-refractivity contribution in [2.45, 2.75) is 23.5 Å². The van der Waals surface area contributed by atoms with Crippen LogP contribution >= 0.6 is 31.9 Å². The van der Waals surface area contributed by atoms with E-state index in [1.54, 1.807) is 0 Å². The first-order chi connectivity index (χ1) is 9.88. The smallest absolute Gasteiger partial charge is 0.131 e. The van der Waals surface area contributed by atoms with Crippen molar-refractivity contribution in [3.05, 3.63) is 47.5 Å². The van der Waals surface area contributed by atoms with E-state index in [4.69, 9.17) is 16.2 Å². The van der Waals surface area contributed by atoms with E-state index in [0.717, 1.165) is 34.0 Å². The molecule has 0 amide bonds. The number of hydrogen-bond donors (Lipinski definition) is 2. The molecule has 2 atom stereocenters. The van der Waals surface area contributed by atoms with Crippen LogP contribution in [0.15, 0.2) is 36.4 Å². The standard InChI is InChI=1S/C16H18Br2N2O/c1-9(17)13-7-11(19)3-5-15(13)21-16-6-4-12(20)8-14(16)10(2)18/h3-10H,19-20H2,1-2H3. The first-order valence-electron chi connectivity index (χ1n) is 6.63. The Morgan fingerprint density at radius 3 is 1.52 bits per heavy atom. The molecule has 0 bridgehead atoms. The molecule has 0 aliphatic carbocycles. The van der Waals surface area contributed by atoms with Gasteiger partial charge >= 0.3 is 0 Å². The minimum absolute atomic E-state index is 0.148. The number of nitrogen functional groups attached to an aromatic ring is 2. The molecule has 0 spiro atoms. The second-order valence-electron chi connectivity index (χ2n) is 4.93. The van der Waals surface area contributed by atoms with E-state index in [9.17, 15) is 0 Å². The van der Waals surface area contributed by atoms with Crippen molar-refractivity contribution in [2.75, 3.05) is 11.5 Å². The van der Waals surface area contributed by atoms with E-state index in [-0.39, 0.29) is 9.65 Å². The van der Waals surface area contributed by atoms with Gasteiger partial charge in [-0.15, -0.1) is 0 Å². The Balaban J connectivity index is 2.43. The first kappa shape index (κ1) is 16.2. The van der Waals surface area contributed by atoms with Crippen LogP contribution in [0.1, 0.15) is 34.6 Å². The Morgan fingerprint density at radius 1 is 0.810 bits per heavy atom. The molecule has 0 saturated carbocycles. The van der Waals surface area contributed by atoms with Crippen molar-refractivity contribution in [3.8, 4) is 11.5 Å². The number of anilines is 2. The van der Waals surface area contributed by atoms with Gasteiger partial charge in [0.2, 0.25) is 0 Å². The lowest BCUT2D eigenvalue weighted by atomic mass is 10.1. The van der Waals surface area contributed by atoms with Gasteiger partial charge in [0.15, 0.2) is 0 Å². The van der Waals surface area contributed by atoms with Crippen molar-refractivity contribution in [2.24, 2.45) is 0 Å². The fraction of sp³-hybridized carbons (Fsp3) is 0.250. The highest BCUT2D eigenvalue weighted by Gasteiger charge is 2.14. The van der Waals surface area contributed by atoms with Gasteiger partial charge in [-0.05, 0) is 50.2 Å². The van der Waals surface area contributed by atoms with Crippen molar-refractivity contribution in [3.63, 3.8) is 0 Å². The zero-order chi connectivity index (χ0) is 15.6. The van der Waals surface area contributed by atoms with Crippen LogP contribution in [0.25, 0.3) is 0 Å². The van der Waals surface area contributed by atoms with Crippen LogP contribution in [0.3, 0.4) is 0 Å². The van der Waals surface area contributed by atoms with Gasteiger partial charge in [-0.2, -0.15) is 0 Å². The van der Waals surface area contributed by atoms with Gasteiger partial charge in [0.1, 0.15) is 11.5 Å². The summed E-state index contributed by atoms with van der Waals surface area (Å²) < 4.78 is 6.10. The average Bonchev–Trinajstić information content (AvgIpc) is 2.42. The molecule has 0 aliphatic rings. The van der Waals surface area contributed by atoms with Crippen LogP contribution < -0.4 is 16.2 Å². The summed E-state index contributed by atoms with van der Waals surface area (Å²) in [5.41, 5.74) is 15.2. The van der Waals surface area contributed by atoms with Crippen molar-refractivity contribution in [1.29, 1.82) is 0 Å². The molecule has 2 aromatic rings. The van der Waals surface area contributed by atoms with Gasteiger partial charge in [0, 0.05) is 32.2 Å². The largest absolute Gasteiger partial charge is 0.457 e. The predicted molar refractivity (Wildman–Crippen MR) is 96.5 cm³/mol. The lowest BCUT2D eigenvalue weighted by Crippen LogP contribution is -1.98. The molecular weight excluding hydrogens is 396 g/mol. The Hall–Kier alpha value is -1.20. The van der Waals surface area contributed by atoms with E-state index < -0.39 is 0 Å². The summed E-state index contributed by atoms with van der Waals surface area (Å²) in [6, 6.07) is 11.3.